The van der Waals surface area contributed by atoms with Gasteiger partial charge in [-0.15, -0.1) is 0 Å². The van der Waals surface area contributed by atoms with Crippen molar-refractivity contribution < 1.29 is 17.2 Å². The number of benzene rings is 2. The molecule has 0 spiro atoms. The molecule has 5 heteroatoms. The molecule has 1 radical (unpaired) electrons. The predicted molar refractivity (Wildman–Crippen MR) is 61.6 cm³/mol. The zero-order valence-corrected chi connectivity index (χ0v) is 9.76. The molecule has 0 saturated carbocycles. The van der Waals surface area contributed by atoms with Crippen LogP contribution in [-0.2, 0) is 9.84 Å². The zero-order chi connectivity index (χ0) is 12.6. The Morgan fingerprint density at radius 3 is 2.41 bits per heavy atom. The van der Waals surface area contributed by atoms with Crippen molar-refractivity contribution >= 4 is 20.6 Å². The molecule has 0 unspecified atom stereocenters. The van der Waals surface area contributed by atoms with Gasteiger partial charge in [0.25, 0.3) is 0 Å². The maximum atomic E-state index is 12.6. The van der Waals surface area contributed by atoms with E-state index >= 15 is 0 Å². The van der Waals surface area contributed by atoms with Gasteiger partial charge in [-0.25, -0.2) is 8.42 Å². The highest BCUT2D eigenvalue weighted by atomic mass is 32.2. The van der Waals surface area contributed by atoms with Gasteiger partial charge in [0.05, 0.1) is 4.90 Å². The van der Waals surface area contributed by atoms with E-state index in [0.29, 0.717) is 10.8 Å². The van der Waals surface area contributed by atoms with Crippen LogP contribution in [0.15, 0.2) is 41.3 Å². The van der Waals surface area contributed by atoms with E-state index in [1.165, 1.54) is 30.3 Å². The Bertz CT molecular complexity index is 663. The fraction of sp³-hybridized carbons (Fsp3) is 0.0833. The van der Waals surface area contributed by atoms with Gasteiger partial charge in [0.15, 0.2) is 9.84 Å². The van der Waals surface area contributed by atoms with Crippen LogP contribution in [0.3, 0.4) is 0 Å². The molecule has 0 atom stereocenters. The summed E-state index contributed by atoms with van der Waals surface area (Å²) in [5.74, 6) is 0. The number of hydrogen-bond donors (Lipinski definition) is 0. The molecule has 0 saturated heterocycles. The van der Waals surface area contributed by atoms with Gasteiger partial charge in [-0.3, -0.25) is 0 Å². The van der Waals surface area contributed by atoms with Gasteiger partial charge in [0.2, 0.25) is 0 Å². The van der Waals surface area contributed by atoms with Crippen molar-refractivity contribution in [3.8, 4) is 0 Å². The van der Waals surface area contributed by atoms with Crippen LogP contribution in [0.25, 0.3) is 10.8 Å². The highest BCUT2D eigenvalue weighted by molar-refractivity contribution is 7.90. The minimum absolute atomic E-state index is 0.126. The van der Waals surface area contributed by atoms with Gasteiger partial charge in [0.1, 0.15) is 0 Å². The van der Waals surface area contributed by atoms with Gasteiger partial charge in [0, 0.05) is 11.8 Å². The molecule has 0 fully saturated rings. The van der Waals surface area contributed by atoms with E-state index < -0.39 is 16.3 Å². The first-order chi connectivity index (χ1) is 7.89. The monoisotopic (exact) mass is 255 g/mol. The lowest BCUT2D eigenvalue weighted by molar-refractivity contribution is 0.326. The molecule has 2 aromatic carbocycles. The topological polar surface area (TPSA) is 34.1 Å². The molecule has 2 rings (SSSR count). The molecule has 0 N–H and O–H groups in total. The Kier molecular flexibility index (Phi) is 2.87. The first-order valence-corrected chi connectivity index (χ1v) is 6.70. The Labute approximate surface area is 97.8 Å². The molecular formula is C12H9F2O2S. The van der Waals surface area contributed by atoms with E-state index in [0.717, 1.165) is 6.26 Å². The molecule has 0 heterocycles. The Morgan fingerprint density at radius 2 is 1.82 bits per heavy atom. The van der Waals surface area contributed by atoms with E-state index in [1.807, 2.05) is 0 Å². The third-order valence-electron chi connectivity index (χ3n) is 2.48. The lowest BCUT2D eigenvalue weighted by Crippen LogP contribution is -1.97. The molecule has 0 aliphatic carbocycles. The maximum absolute atomic E-state index is 12.6. The number of fused-ring (bicyclic) bond motifs is 1. The summed E-state index contributed by atoms with van der Waals surface area (Å²) in [5, 5.41) is 0.832. The second-order valence-corrected chi connectivity index (χ2v) is 5.74. The number of halogens is 2. The van der Waals surface area contributed by atoms with Gasteiger partial charge in [-0.2, -0.15) is 8.78 Å². The van der Waals surface area contributed by atoms with Crippen molar-refractivity contribution in [1.82, 2.24) is 0 Å². The largest absolute Gasteiger partial charge is 0.340 e. The second-order valence-electron chi connectivity index (χ2n) is 3.72. The van der Waals surface area contributed by atoms with Crippen molar-refractivity contribution in [2.45, 2.75) is 4.90 Å². The summed E-state index contributed by atoms with van der Waals surface area (Å²) in [6, 6.07) is 8.53. The molecule has 17 heavy (non-hydrogen) atoms. The first kappa shape index (κ1) is 12.0. The minimum Gasteiger partial charge on any atom is -0.224 e. The first-order valence-electron chi connectivity index (χ1n) is 4.81. The summed E-state index contributed by atoms with van der Waals surface area (Å²) in [6.45, 7) is 0. The third kappa shape index (κ3) is 2.29. The molecule has 2 aromatic rings. The molecule has 0 bridgehead atoms. The SMILES string of the molecule is CS(=O)(=O)c1ccc2c([C](F)F)cccc2c1. The van der Waals surface area contributed by atoms with Crippen molar-refractivity contribution in [2.75, 3.05) is 6.26 Å². The van der Waals surface area contributed by atoms with Gasteiger partial charge in [-0.1, -0.05) is 24.3 Å². The van der Waals surface area contributed by atoms with Crippen molar-refractivity contribution in [1.29, 1.82) is 0 Å². The minimum atomic E-state index is -3.32. The quantitative estimate of drug-likeness (QED) is 0.826. The number of sulfone groups is 1. The predicted octanol–water partition coefficient (Wildman–Crippen LogP) is 3.02. The molecule has 0 aliphatic rings. The average Bonchev–Trinajstić information content (AvgIpc) is 2.26. The van der Waals surface area contributed by atoms with Crippen LogP contribution < -0.4 is 0 Å². The lowest BCUT2D eigenvalue weighted by atomic mass is 10.1. The van der Waals surface area contributed by atoms with Gasteiger partial charge >= 0.3 is 6.43 Å². The van der Waals surface area contributed by atoms with Crippen LogP contribution in [0.2, 0.25) is 0 Å². The third-order valence-corrected chi connectivity index (χ3v) is 3.59. The van der Waals surface area contributed by atoms with E-state index in [4.69, 9.17) is 0 Å². The Hall–Kier alpha value is -1.49. The maximum Gasteiger partial charge on any atom is 0.340 e. The van der Waals surface area contributed by atoms with Crippen LogP contribution in [0, 0.1) is 6.43 Å². The van der Waals surface area contributed by atoms with E-state index in [1.54, 1.807) is 6.07 Å². The van der Waals surface area contributed by atoms with Crippen molar-refractivity contribution in [3.63, 3.8) is 0 Å². The normalized spacial score (nSPS) is 12.2. The lowest BCUT2D eigenvalue weighted by Gasteiger charge is -2.06. The molecule has 89 valence electrons. The number of rotatable bonds is 2. The number of hydrogen-bond acceptors (Lipinski definition) is 2. The van der Waals surface area contributed by atoms with Gasteiger partial charge in [-0.05, 0) is 22.9 Å². The summed E-state index contributed by atoms with van der Waals surface area (Å²) < 4.78 is 47.9. The van der Waals surface area contributed by atoms with Crippen LogP contribution >= 0.6 is 0 Å². The van der Waals surface area contributed by atoms with Crippen LogP contribution in [0.4, 0.5) is 8.78 Å². The fourth-order valence-electron chi connectivity index (χ4n) is 1.66. The summed E-state index contributed by atoms with van der Waals surface area (Å²) in [7, 11) is -3.32. The Balaban J connectivity index is 2.74. The van der Waals surface area contributed by atoms with Crippen molar-refractivity contribution in [2.24, 2.45) is 0 Å². The highest BCUT2D eigenvalue weighted by Crippen LogP contribution is 2.28. The summed E-state index contributed by atoms with van der Waals surface area (Å²) in [5.41, 5.74) is -0.164. The summed E-state index contributed by atoms with van der Waals surface area (Å²) in [4.78, 5) is 0.126. The van der Waals surface area contributed by atoms with Gasteiger partial charge < -0.3 is 0 Å². The standard InChI is InChI=1S/C12H9F2O2S/c1-17(15,16)9-5-6-10-8(7-9)3-2-4-11(10)12(13)14/h2-7H,1H3. The molecule has 0 amide bonds. The van der Waals surface area contributed by atoms with Crippen LogP contribution in [-0.4, -0.2) is 14.7 Å². The van der Waals surface area contributed by atoms with E-state index in [-0.39, 0.29) is 10.5 Å². The molecule has 2 nitrogen and oxygen atoms in total. The highest BCUT2D eigenvalue weighted by Gasteiger charge is 2.15. The smallest absolute Gasteiger partial charge is 0.224 e. The van der Waals surface area contributed by atoms with Crippen molar-refractivity contribution in [3.05, 3.63) is 48.4 Å². The van der Waals surface area contributed by atoms with Crippen LogP contribution in [0.1, 0.15) is 5.56 Å². The Morgan fingerprint density at radius 1 is 1.12 bits per heavy atom. The summed E-state index contributed by atoms with van der Waals surface area (Å²) in [6.07, 6.45) is -0.692. The molecule has 0 aromatic heterocycles. The van der Waals surface area contributed by atoms with Crippen LogP contribution in [0.5, 0.6) is 0 Å². The second kappa shape index (κ2) is 4.07. The fourth-order valence-corrected chi connectivity index (χ4v) is 2.31. The molecule has 0 aliphatic heterocycles. The van der Waals surface area contributed by atoms with E-state index in [9.17, 15) is 17.2 Å². The molecular weight excluding hydrogens is 246 g/mol. The summed E-state index contributed by atoms with van der Waals surface area (Å²) >= 11 is 0. The van der Waals surface area contributed by atoms with E-state index in [2.05, 4.69) is 0 Å². The zero-order valence-electron chi connectivity index (χ0n) is 8.94. The average molecular weight is 255 g/mol.